The normalized spacial score (nSPS) is 11.1. The molecule has 0 aliphatic carbocycles. The van der Waals surface area contributed by atoms with Crippen LogP contribution in [0.2, 0.25) is 0 Å². The van der Waals surface area contributed by atoms with Crippen molar-refractivity contribution in [2.24, 2.45) is 0 Å². The zero-order valence-electron chi connectivity index (χ0n) is 16.6. The van der Waals surface area contributed by atoms with E-state index in [4.69, 9.17) is 12.2 Å². The van der Waals surface area contributed by atoms with E-state index in [0.29, 0.717) is 25.1 Å². The molecule has 0 saturated carbocycles. The summed E-state index contributed by atoms with van der Waals surface area (Å²) in [6.07, 6.45) is 0. The number of aromatic nitrogens is 3. The van der Waals surface area contributed by atoms with Crippen molar-refractivity contribution >= 4 is 57.3 Å². The van der Waals surface area contributed by atoms with E-state index in [2.05, 4.69) is 15.3 Å². The van der Waals surface area contributed by atoms with Gasteiger partial charge in [-0.1, -0.05) is 47.4 Å². The first kappa shape index (κ1) is 21.4. The molecule has 0 bridgehead atoms. The number of aromatic amines is 1. The Bertz CT molecular complexity index is 1420. The van der Waals surface area contributed by atoms with Gasteiger partial charge in [0.2, 0.25) is 5.91 Å². The Morgan fingerprint density at radius 1 is 1.26 bits per heavy atom. The molecular weight excluding hydrogens is 455 g/mol. The van der Waals surface area contributed by atoms with Crippen LogP contribution in [0.5, 0.6) is 0 Å². The van der Waals surface area contributed by atoms with E-state index < -0.39 is 5.82 Å². The number of nitrogens with one attached hydrogen (secondary N) is 2. The minimum Gasteiger partial charge on any atom is -0.325 e. The molecule has 0 spiro atoms. The standard InChI is InChI=1S/C21H17FN4O2S3/c1-11-7-8-13(22)9-14(11)23-16(27)10-30-20-24-18-17(19(28)25-20)31-21(29)26(18)15-6-4-3-5-12(15)2/h3-9H,10H2,1-2H3,(H,23,27)(H,24,25,28). The summed E-state index contributed by atoms with van der Waals surface area (Å²) in [5.41, 5.74) is 3.16. The van der Waals surface area contributed by atoms with Gasteiger partial charge in [0.1, 0.15) is 10.5 Å². The zero-order valence-corrected chi connectivity index (χ0v) is 19.0. The summed E-state index contributed by atoms with van der Waals surface area (Å²) >= 11 is 7.77. The SMILES string of the molecule is Cc1ccc(F)cc1NC(=O)CSc1nc2c(sc(=S)n2-c2ccccc2C)c(=O)[nH]1. The fourth-order valence-electron chi connectivity index (χ4n) is 3.04. The van der Waals surface area contributed by atoms with Gasteiger partial charge >= 0.3 is 0 Å². The maximum Gasteiger partial charge on any atom is 0.271 e. The summed E-state index contributed by atoms with van der Waals surface area (Å²) in [5, 5.41) is 2.99. The molecule has 0 unspecified atom stereocenters. The molecule has 0 aliphatic heterocycles. The molecule has 2 aromatic carbocycles. The van der Waals surface area contributed by atoms with Gasteiger partial charge in [-0.3, -0.25) is 14.2 Å². The molecule has 10 heteroatoms. The summed E-state index contributed by atoms with van der Waals surface area (Å²) < 4.78 is 16.2. The number of thioether (sulfide) groups is 1. The number of benzene rings is 2. The number of aryl methyl sites for hydroxylation is 2. The number of fused-ring (bicyclic) bond motifs is 1. The lowest BCUT2D eigenvalue weighted by atomic mass is 10.2. The third-order valence-corrected chi connectivity index (χ3v) is 6.83. The predicted octanol–water partition coefficient (Wildman–Crippen LogP) is 4.99. The number of hydrogen-bond acceptors (Lipinski definition) is 6. The number of amides is 1. The fraction of sp³-hybridized carbons (Fsp3) is 0.143. The Labute approximate surface area is 190 Å². The lowest BCUT2D eigenvalue weighted by molar-refractivity contribution is -0.113. The third kappa shape index (κ3) is 4.46. The molecule has 4 aromatic rings. The maximum absolute atomic E-state index is 13.4. The van der Waals surface area contributed by atoms with Crippen LogP contribution < -0.4 is 10.9 Å². The first-order valence-electron chi connectivity index (χ1n) is 9.24. The van der Waals surface area contributed by atoms with Gasteiger partial charge < -0.3 is 10.3 Å². The summed E-state index contributed by atoms with van der Waals surface area (Å²) in [6.45, 7) is 3.74. The molecule has 6 nitrogen and oxygen atoms in total. The lowest BCUT2D eigenvalue weighted by Gasteiger charge is -2.09. The Balaban J connectivity index is 1.62. The van der Waals surface area contributed by atoms with Gasteiger partial charge in [-0.05, 0) is 55.4 Å². The summed E-state index contributed by atoms with van der Waals surface area (Å²) in [7, 11) is 0. The fourth-order valence-corrected chi connectivity index (χ4v) is 4.95. The molecule has 0 saturated heterocycles. The molecule has 2 aromatic heterocycles. The number of para-hydroxylation sites is 1. The minimum absolute atomic E-state index is 0.000363. The highest BCUT2D eigenvalue weighted by molar-refractivity contribution is 7.99. The molecule has 0 aliphatic rings. The highest BCUT2D eigenvalue weighted by Crippen LogP contribution is 2.26. The number of halogens is 1. The molecule has 158 valence electrons. The van der Waals surface area contributed by atoms with E-state index in [1.807, 2.05) is 31.2 Å². The van der Waals surface area contributed by atoms with Crippen LogP contribution in [-0.4, -0.2) is 26.2 Å². The molecular formula is C21H17FN4O2S3. The summed E-state index contributed by atoms with van der Waals surface area (Å²) in [5.74, 6) is -0.759. The van der Waals surface area contributed by atoms with E-state index >= 15 is 0 Å². The molecule has 0 fully saturated rings. The second-order valence-corrected chi connectivity index (χ2v) is 9.42. The van der Waals surface area contributed by atoms with Crippen molar-refractivity contribution in [2.45, 2.75) is 19.0 Å². The van der Waals surface area contributed by atoms with E-state index in [1.54, 1.807) is 17.6 Å². The molecule has 2 N–H and O–H groups in total. The van der Waals surface area contributed by atoms with Crippen LogP contribution in [-0.2, 0) is 4.79 Å². The van der Waals surface area contributed by atoms with E-state index in [-0.39, 0.29) is 17.2 Å². The van der Waals surface area contributed by atoms with Gasteiger partial charge in [0.25, 0.3) is 5.56 Å². The smallest absolute Gasteiger partial charge is 0.271 e. The van der Waals surface area contributed by atoms with Crippen LogP contribution in [0.1, 0.15) is 11.1 Å². The van der Waals surface area contributed by atoms with Crippen LogP contribution in [0.4, 0.5) is 10.1 Å². The Kier molecular flexibility index (Phi) is 6.03. The minimum atomic E-state index is -0.428. The third-order valence-electron chi connectivity index (χ3n) is 4.59. The molecule has 1 amide bonds. The van der Waals surface area contributed by atoms with E-state index in [9.17, 15) is 14.0 Å². The molecule has 2 heterocycles. The number of carbonyl (C=O) groups is 1. The molecule has 31 heavy (non-hydrogen) atoms. The first-order chi connectivity index (χ1) is 14.8. The van der Waals surface area contributed by atoms with Crippen LogP contribution in [0.25, 0.3) is 16.0 Å². The number of carbonyl (C=O) groups excluding carboxylic acids is 1. The number of hydrogen-bond donors (Lipinski definition) is 2. The quantitative estimate of drug-likeness (QED) is 0.243. The Morgan fingerprint density at radius 2 is 2.03 bits per heavy atom. The van der Waals surface area contributed by atoms with Crippen molar-refractivity contribution in [3.05, 3.63) is 73.7 Å². The average Bonchev–Trinajstić information content (AvgIpc) is 3.06. The highest BCUT2D eigenvalue weighted by Gasteiger charge is 2.16. The highest BCUT2D eigenvalue weighted by atomic mass is 32.2. The van der Waals surface area contributed by atoms with E-state index in [1.165, 1.54) is 23.5 Å². The van der Waals surface area contributed by atoms with Crippen LogP contribution >= 0.6 is 35.3 Å². The largest absolute Gasteiger partial charge is 0.325 e. The number of H-pyrrole nitrogens is 1. The molecule has 0 radical (unpaired) electrons. The van der Waals surface area contributed by atoms with Gasteiger partial charge in [-0.25, -0.2) is 9.37 Å². The van der Waals surface area contributed by atoms with Gasteiger partial charge in [0.15, 0.2) is 14.8 Å². The topological polar surface area (TPSA) is 79.8 Å². The van der Waals surface area contributed by atoms with Crippen LogP contribution in [0.3, 0.4) is 0 Å². The summed E-state index contributed by atoms with van der Waals surface area (Å²) in [4.78, 5) is 32.2. The molecule has 0 atom stereocenters. The predicted molar refractivity (Wildman–Crippen MR) is 126 cm³/mol. The van der Waals surface area contributed by atoms with Crippen LogP contribution in [0, 0.1) is 23.6 Å². The van der Waals surface area contributed by atoms with Crippen molar-refractivity contribution in [3.63, 3.8) is 0 Å². The number of nitrogens with zero attached hydrogens (tertiary/aromatic N) is 2. The number of thiazole rings is 1. The van der Waals surface area contributed by atoms with Crippen molar-refractivity contribution < 1.29 is 9.18 Å². The van der Waals surface area contributed by atoms with Gasteiger partial charge in [-0.15, -0.1) is 0 Å². The monoisotopic (exact) mass is 472 g/mol. The maximum atomic E-state index is 13.4. The Hall–Kier alpha value is -2.82. The lowest BCUT2D eigenvalue weighted by Crippen LogP contribution is -2.16. The van der Waals surface area contributed by atoms with Crippen molar-refractivity contribution in [2.75, 3.05) is 11.1 Å². The van der Waals surface area contributed by atoms with Gasteiger partial charge in [-0.2, -0.15) is 0 Å². The van der Waals surface area contributed by atoms with Crippen molar-refractivity contribution in [1.29, 1.82) is 0 Å². The molecule has 4 rings (SSSR count). The number of rotatable bonds is 5. The average molecular weight is 473 g/mol. The van der Waals surface area contributed by atoms with Gasteiger partial charge in [0.05, 0.1) is 11.4 Å². The van der Waals surface area contributed by atoms with Crippen LogP contribution in [0.15, 0.2) is 52.4 Å². The Morgan fingerprint density at radius 3 is 2.81 bits per heavy atom. The summed E-state index contributed by atoms with van der Waals surface area (Å²) in [6, 6.07) is 11.9. The first-order valence-corrected chi connectivity index (χ1v) is 11.4. The second-order valence-electron chi connectivity index (χ2n) is 6.81. The van der Waals surface area contributed by atoms with Gasteiger partial charge in [0, 0.05) is 5.69 Å². The van der Waals surface area contributed by atoms with Crippen molar-refractivity contribution in [3.8, 4) is 5.69 Å². The van der Waals surface area contributed by atoms with E-state index in [0.717, 1.165) is 28.6 Å². The number of anilines is 1. The van der Waals surface area contributed by atoms with Crippen molar-refractivity contribution in [1.82, 2.24) is 14.5 Å². The zero-order chi connectivity index (χ0) is 22.1. The second kappa shape index (κ2) is 8.74.